The fourth-order valence-electron chi connectivity index (χ4n) is 9.50. The predicted molar refractivity (Wildman–Crippen MR) is 260 cm³/mol. The number of fused-ring (bicyclic) bond motifs is 7. The van der Waals surface area contributed by atoms with E-state index in [-0.39, 0.29) is 23.0 Å². The van der Waals surface area contributed by atoms with Gasteiger partial charge in [0, 0.05) is 54.3 Å². The van der Waals surface area contributed by atoms with Gasteiger partial charge in [-0.3, -0.25) is 0 Å². The summed E-state index contributed by atoms with van der Waals surface area (Å²) in [7, 11) is 0. The molecular weight excluding hydrogens is 731 g/mol. The van der Waals surface area contributed by atoms with Gasteiger partial charge in [-0.1, -0.05) is 147 Å². The summed E-state index contributed by atoms with van der Waals surface area (Å²) in [6.45, 7) is 23.2. The largest absolute Gasteiger partial charge is 0.311 e. The van der Waals surface area contributed by atoms with Gasteiger partial charge in [0.2, 0.25) is 0 Å². The smallest absolute Gasteiger partial charge is 0.252 e. The number of benzene rings is 7. The lowest BCUT2D eigenvalue weighted by atomic mass is 9.33. The van der Waals surface area contributed by atoms with Crippen molar-refractivity contribution in [3.63, 3.8) is 0 Å². The van der Waals surface area contributed by atoms with E-state index in [4.69, 9.17) is 0 Å². The van der Waals surface area contributed by atoms with Gasteiger partial charge in [-0.2, -0.15) is 0 Å². The molecule has 1 aromatic heterocycles. The van der Waals surface area contributed by atoms with Crippen molar-refractivity contribution in [2.24, 2.45) is 0 Å². The minimum Gasteiger partial charge on any atom is -0.311 e. The number of aryl methyl sites for hydroxylation is 1. The summed E-state index contributed by atoms with van der Waals surface area (Å²) in [6.07, 6.45) is 0. The minimum absolute atomic E-state index is 0.0000693. The maximum Gasteiger partial charge on any atom is 0.252 e. The van der Waals surface area contributed by atoms with Crippen molar-refractivity contribution in [2.45, 2.75) is 85.5 Å². The van der Waals surface area contributed by atoms with Crippen molar-refractivity contribution in [3.05, 3.63) is 162 Å². The highest BCUT2D eigenvalue weighted by Gasteiger charge is 2.44. The van der Waals surface area contributed by atoms with Crippen molar-refractivity contribution in [3.8, 4) is 11.1 Å². The normalized spacial score (nSPS) is 13.8. The average Bonchev–Trinajstić information content (AvgIpc) is 3.58. The maximum absolute atomic E-state index is 2.56. The Morgan fingerprint density at radius 1 is 0.458 bits per heavy atom. The van der Waals surface area contributed by atoms with Crippen molar-refractivity contribution in [1.82, 2.24) is 0 Å². The van der Waals surface area contributed by atoms with Crippen LogP contribution in [0.2, 0.25) is 0 Å². The quantitative estimate of drug-likeness (QED) is 0.165. The second kappa shape index (κ2) is 13.2. The van der Waals surface area contributed by atoms with E-state index in [1.54, 1.807) is 0 Å². The summed E-state index contributed by atoms with van der Waals surface area (Å²) in [4.78, 5) is 5.11. The van der Waals surface area contributed by atoms with E-state index in [1.165, 1.54) is 104 Å². The molecule has 0 atom stereocenters. The first-order valence-corrected chi connectivity index (χ1v) is 22.0. The minimum atomic E-state index is -0.0000693. The second-order valence-corrected chi connectivity index (χ2v) is 21.0. The van der Waals surface area contributed by atoms with E-state index < -0.39 is 0 Å². The number of rotatable bonds is 3. The van der Waals surface area contributed by atoms with E-state index in [1.807, 2.05) is 11.3 Å². The molecular formula is C55H53BN2S. The molecule has 4 heteroatoms. The Hall–Kier alpha value is -5.58. The van der Waals surface area contributed by atoms with Crippen LogP contribution in [0, 0.1) is 6.92 Å². The highest BCUT2D eigenvalue weighted by atomic mass is 32.1. The molecule has 0 bridgehead atoms. The molecule has 59 heavy (non-hydrogen) atoms. The Kier molecular flexibility index (Phi) is 8.44. The highest BCUT2D eigenvalue weighted by molar-refractivity contribution is 7.26. The fourth-order valence-corrected chi connectivity index (χ4v) is 10.7. The molecule has 7 aromatic carbocycles. The number of hydrogen-bond donors (Lipinski definition) is 0. The summed E-state index contributed by atoms with van der Waals surface area (Å²) in [6, 6.07) is 53.7. The van der Waals surface area contributed by atoms with Crippen LogP contribution in [0.3, 0.4) is 0 Å². The topological polar surface area (TPSA) is 6.48 Å². The summed E-state index contributed by atoms with van der Waals surface area (Å²) < 4.78 is 2.68. The van der Waals surface area contributed by atoms with Crippen LogP contribution >= 0.6 is 11.3 Å². The van der Waals surface area contributed by atoms with Gasteiger partial charge in [-0.25, -0.2) is 0 Å². The lowest BCUT2D eigenvalue weighted by molar-refractivity contribution is 0.590. The average molecular weight is 785 g/mol. The zero-order valence-electron chi connectivity index (χ0n) is 36.2. The molecule has 2 aliphatic rings. The molecule has 2 aliphatic heterocycles. The molecule has 8 aromatic rings. The zero-order valence-corrected chi connectivity index (χ0v) is 37.0. The van der Waals surface area contributed by atoms with Gasteiger partial charge in [-0.05, 0) is 128 Å². The van der Waals surface area contributed by atoms with Crippen molar-refractivity contribution < 1.29 is 0 Å². The van der Waals surface area contributed by atoms with Crippen LogP contribution in [0.5, 0.6) is 0 Å². The first-order valence-electron chi connectivity index (χ1n) is 21.2. The SMILES string of the molecule is Cc1cc2c3c(c1)N(c1ccc(C(C)(C)C)cc1)c1cc(C(C)(C)C)ccc1B3c1cc(C(C)(C)C)ccc1N2c1ccc(-c2cccc3c2sc2ccccc23)cc1. The van der Waals surface area contributed by atoms with E-state index in [2.05, 4.69) is 219 Å². The predicted octanol–water partition coefficient (Wildman–Crippen LogP) is 14.0. The van der Waals surface area contributed by atoms with E-state index in [9.17, 15) is 0 Å². The van der Waals surface area contributed by atoms with Crippen molar-refractivity contribution in [1.29, 1.82) is 0 Å². The lowest BCUT2D eigenvalue weighted by Gasteiger charge is -2.45. The Labute approximate surface area is 355 Å². The van der Waals surface area contributed by atoms with Gasteiger partial charge in [0.05, 0.1) is 0 Å². The Morgan fingerprint density at radius 2 is 1.02 bits per heavy atom. The zero-order chi connectivity index (χ0) is 41.2. The Bertz CT molecular complexity index is 2950. The van der Waals surface area contributed by atoms with Crippen LogP contribution in [0.4, 0.5) is 34.1 Å². The van der Waals surface area contributed by atoms with Gasteiger partial charge >= 0.3 is 0 Å². The van der Waals surface area contributed by atoms with Gasteiger partial charge < -0.3 is 9.80 Å². The molecule has 0 spiro atoms. The van der Waals surface area contributed by atoms with Gasteiger partial charge in [0.25, 0.3) is 6.71 Å². The van der Waals surface area contributed by atoms with Crippen LogP contribution in [0.15, 0.2) is 140 Å². The monoisotopic (exact) mass is 784 g/mol. The Balaban J connectivity index is 1.20. The fraction of sp³-hybridized carbons (Fsp3) is 0.236. The van der Waals surface area contributed by atoms with Crippen LogP contribution in [-0.4, -0.2) is 6.71 Å². The van der Waals surface area contributed by atoms with E-state index in [0.29, 0.717) is 0 Å². The number of nitrogens with zero attached hydrogens (tertiary/aromatic N) is 2. The molecule has 0 unspecified atom stereocenters. The summed E-state index contributed by atoms with van der Waals surface area (Å²) in [5.41, 5.74) is 19.4. The Morgan fingerprint density at radius 3 is 1.68 bits per heavy atom. The van der Waals surface area contributed by atoms with E-state index in [0.717, 1.165) is 0 Å². The number of anilines is 6. The number of thiophene rings is 1. The molecule has 0 saturated heterocycles. The third kappa shape index (κ3) is 6.13. The molecule has 2 nitrogen and oxygen atoms in total. The molecule has 0 fully saturated rings. The standard InChI is InChI=1S/C55H53BN2S/c1-34-30-48-51-49(31-34)58(40-26-20-36(21-27-40)53(2,3)4)47-33-38(55(8,9)10)22-28-44(47)56(51)45-32-37(54(5,6)7)23-29-46(45)57(48)39-24-18-35(19-25-39)41-15-13-16-43-42-14-11-12-17-50(42)59-52(41)43/h11-33H,1-10H3. The lowest BCUT2D eigenvalue weighted by Crippen LogP contribution is -2.61. The van der Waals surface area contributed by atoms with Crippen LogP contribution in [-0.2, 0) is 16.2 Å². The van der Waals surface area contributed by atoms with Crippen LogP contribution < -0.4 is 26.2 Å². The third-order valence-corrected chi connectivity index (χ3v) is 14.0. The van der Waals surface area contributed by atoms with Crippen LogP contribution in [0.25, 0.3) is 31.3 Å². The number of hydrogen-bond acceptors (Lipinski definition) is 3. The molecule has 0 aliphatic carbocycles. The molecule has 0 amide bonds. The molecule has 0 saturated carbocycles. The molecule has 292 valence electrons. The van der Waals surface area contributed by atoms with Crippen LogP contribution in [0.1, 0.15) is 84.6 Å². The second-order valence-electron chi connectivity index (χ2n) is 20.0. The summed E-state index contributed by atoms with van der Waals surface area (Å²) in [5.74, 6) is 0. The van der Waals surface area contributed by atoms with Crippen molar-refractivity contribution >= 4 is 88.7 Å². The summed E-state index contributed by atoms with van der Waals surface area (Å²) >= 11 is 1.89. The van der Waals surface area contributed by atoms with Gasteiger partial charge in [0.15, 0.2) is 0 Å². The van der Waals surface area contributed by atoms with Gasteiger partial charge in [-0.15, -0.1) is 11.3 Å². The summed E-state index contributed by atoms with van der Waals surface area (Å²) in [5, 5.41) is 2.66. The van der Waals surface area contributed by atoms with E-state index >= 15 is 0 Å². The van der Waals surface area contributed by atoms with Gasteiger partial charge in [0.1, 0.15) is 0 Å². The highest BCUT2D eigenvalue weighted by Crippen LogP contribution is 2.47. The first-order chi connectivity index (χ1) is 28.1. The molecule has 10 rings (SSSR count). The van der Waals surface area contributed by atoms with Crippen molar-refractivity contribution in [2.75, 3.05) is 9.80 Å². The first kappa shape index (κ1) is 37.7. The third-order valence-electron chi connectivity index (χ3n) is 12.8. The maximum atomic E-state index is 2.56. The molecule has 3 heterocycles. The molecule has 0 N–H and O–H groups in total. The molecule has 0 radical (unpaired) electrons.